The normalized spacial score (nSPS) is 10.0. The van der Waals surface area contributed by atoms with Crippen molar-refractivity contribution < 1.29 is 9.72 Å². The molecule has 5 nitrogen and oxygen atoms in total. The van der Waals surface area contributed by atoms with Crippen LogP contribution in [0.3, 0.4) is 0 Å². The maximum Gasteiger partial charge on any atom is 0.270 e. The van der Waals surface area contributed by atoms with Gasteiger partial charge in [-0.05, 0) is 11.6 Å². The van der Waals surface area contributed by atoms with Crippen molar-refractivity contribution in [2.45, 2.75) is 0 Å². The second-order valence-corrected chi connectivity index (χ2v) is 3.72. The van der Waals surface area contributed by atoms with Gasteiger partial charge < -0.3 is 5.73 Å². The van der Waals surface area contributed by atoms with E-state index in [2.05, 4.69) is 0 Å². The molecule has 0 aliphatic heterocycles. The Morgan fingerprint density at radius 2 is 1.78 bits per heavy atom. The van der Waals surface area contributed by atoms with Gasteiger partial charge in [-0.2, -0.15) is 0 Å². The smallest absolute Gasteiger partial charge is 0.270 e. The topological polar surface area (TPSA) is 86.2 Å². The molecule has 0 aliphatic rings. The van der Waals surface area contributed by atoms with E-state index in [0.29, 0.717) is 5.56 Å². The standard InChI is InChI=1S/C13H10N2O3/c14-13(16)11-7-6-10(15(17)18)8-12(11)9-4-2-1-3-5-9/h1-8H,(H2,14,16). The zero-order chi connectivity index (χ0) is 13.1. The van der Waals surface area contributed by atoms with Crippen molar-refractivity contribution in [3.63, 3.8) is 0 Å². The quantitative estimate of drug-likeness (QED) is 0.662. The number of primary amides is 1. The van der Waals surface area contributed by atoms with Crippen LogP contribution in [0.4, 0.5) is 5.69 Å². The highest BCUT2D eigenvalue weighted by Gasteiger charge is 2.15. The van der Waals surface area contributed by atoms with Crippen LogP contribution in [0.25, 0.3) is 11.1 Å². The molecule has 0 bridgehead atoms. The first-order chi connectivity index (χ1) is 8.59. The minimum atomic E-state index is -0.608. The van der Waals surface area contributed by atoms with Crippen LogP contribution in [-0.2, 0) is 0 Å². The van der Waals surface area contributed by atoms with Gasteiger partial charge in [0.1, 0.15) is 0 Å². The van der Waals surface area contributed by atoms with Crippen molar-refractivity contribution in [2.75, 3.05) is 0 Å². The molecular formula is C13H10N2O3. The highest BCUT2D eigenvalue weighted by atomic mass is 16.6. The summed E-state index contributed by atoms with van der Waals surface area (Å²) in [6.45, 7) is 0. The lowest BCUT2D eigenvalue weighted by atomic mass is 9.98. The third kappa shape index (κ3) is 2.20. The zero-order valence-electron chi connectivity index (χ0n) is 9.37. The largest absolute Gasteiger partial charge is 0.366 e. The molecule has 2 aromatic rings. The van der Waals surface area contributed by atoms with E-state index >= 15 is 0 Å². The first-order valence-corrected chi connectivity index (χ1v) is 5.23. The van der Waals surface area contributed by atoms with Crippen LogP contribution in [0.5, 0.6) is 0 Å². The molecule has 0 heterocycles. The van der Waals surface area contributed by atoms with Gasteiger partial charge in [-0.15, -0.1) is 0 Å². The number of carbonyl (C=O) groups excluding carboxylic acids is 1. The molecule has 1 amide bonds. The van der Waals surface area contributed by atoms with E-state index in [1.807, 2.05) is 6.07 Å². The van der Waals surface area contributed by atoms with Gasteiger partial charge >= 0.3 is 0 Å². The zero-order valence-corrected chi connectivity index (χ0v) is 9.37. The Kier molecular flexibility index (Phi) is 3.05. The Morgan fingerprint density at radius 3 is 2.33 bits per heavy atom. The second-order valence-electron chi connectivity index (χ2n) is 3.72. The maximum atomic E-state index is 11.3. The van der Waals surface area contributed by atoms with E-state index in [4.69, 9.17) is 5.73 Å². The number of amides is 1. The summed E-state index contributed by atoms with van der Waals surface area (Å²) < 4.78 is 0. The highest BCUT2D eigenvalue weighted by molar-refractivity contribution is 6.00. The summed E-state index contributed by atoms with van der Waals surface area (Å²) >= 11 is 0. The lowest BCUT2D eigenvalue weighted by Crippen LogP contribution is -2.12. The average molecular weight is 242 g/mol. The van der Waals surface area contributed by atoms with Crippen molar-refractivity contribution in [1.29, 1.82) is 0 Å². The van der Waals surface area contributed by atoms with Crippen LogP contribution in [0.15, 0.2) is 48.5 Å². The molecule has 0 saturated heterocycles. The lowest BCUT2D eigenvalue weighted by molar-refractivity contribution is -0.384. The fourth-order valence-electron chi connectivity index (χ4n) is 1.72. The monoisotopic (exact) mass is 242 g/mol. The van der Waals surface area contributed by atoms with Gasteiger partial charge in [0.05, 0.1) is 4.92 Å². The highest BCUT2D eigenvalue weighted by Crippen LogP contribution is 2.27. The molecule has 0 atom stereocenters. The number of hydrogen-bond acceptors (Lipinski definition) is 3. The minimum Gasteiger partial charge on any atom is -0.366 e. The fraction of sp³-hybridized carbons (Fsp3) is 0. The van der Waals surface area contributed by atoms with E-state index in [1.165, 1.54) is 18.2 Å². The Bertz CT molecular complexity index is 609. The van der Waals surface area contributed by atoms with Crippen molar-refractivity contribution in [2.24, 2.45) is 5.73 Å². The number of benzene rings is 2. The minimum absolute atomic E-state index is 0.0705. The van der Waals surface area contributed by atoms with E-state index in [9.17, 15) is 14.9 Å². The Balaban J connectivity index is 2.65. The van der Waals surface area contributed by atoms with E-state index < -0.39 is 10.8 Å². The first kappa shape index (κ1) is 11.8. The lowest BCUT2D eigenvalue weighted by Gasteiger charge is -2.06. The molecule has 0 aromatic heterocycles. The Hall–Kier alpha value is -2.69. The predicted octanol–water partition coefficient (Wildman–Crippen LogP) is 2.36. The van der Waals surface area contributed by atoms with Gasteiger partial charge in [0.25, 0.3) is 5.69 Å². The Labute approximate surface area is 103 Å². The average Bonchev–Trinajstić information content (AvgIpc) is 2.39. The number of carbonyl (C=O) groups is 1. The van der Waals surface area contributed by atoms with Gasteiger partial charge in [0.2, 0.25) is 5.91 Å². The van der Waals surface area contributed by atoms with E-state index in [1.54, 1.807) is 24.3 Å². The van der Waals surface area contributed by atoms with Crippen molar-refractivity contribution >= 4 is 11.6 Å². The molecule has 18 heavy (non-hydrogen) atoms. The molecule has 2 N–H and O–H groups in total. The van der Waals surface area contributed by atoms with Crippen LogP contribution >= 0.6 is 0 Å². The van der Waals surface area contributed by atoms with Gasteiger partial charge in [0, 0.05) is 23.3 Å². The summed E-state index contributed by atoms with van der Waals surface area (Å²) in [5, 5.41) is 10.8. The molecule has 2 rings (SSSR count). The molecule has 90 valence electrons. The fourth-order valence-corrected chi connectivity index (χ4v) is 1.72. The van der Waals surface area contributed by atoms with E-state index in [0.717, 1.165) is 5.56 Å². The number of nitro benzene ring substituents is 1. The van der Waals surface area contributed by atoms with Crippen molar-refractivity contribution in [3.8, 4) is 11.1 Å². The molecule has 0 radical (unpaired) electrons. The summed E-state index contributed by atoms with van der Waals surface area (Å²) in [6, 6.07) is 12.9. The number of rotatable bonds is 3. The molecule has 2 aromatic carbocycles. The molecule has 0 unspecified atom stereocenters. The third-order valence-electron chi connectivity index (χ3n) is 2.56. The number of hydrogen-bond donors (Lipinski definition) is 1. The summed E-state index contributed by atoms with van der Waals surface area (Å²) in [5.41, 5.74) is 6.66. The predicted molar refractivity (Wildman–Crippen MR) is 67.1 cm³/mol. The summed E-state index contributed by atoms with van der Waals surface area (Å²) in [6.07, 6.45) is 0. The molecule has 0 spiro atoms. The molecule has 0 fully saturated rings. The molecule has 0 aliphatic carbocycles. The molecular weight excluding hydrogens is 232 g/mol. The van der Waals surface area contributed by atoms with Crippen LogP contribution < -0.4 is 5.73 Å². The Morgan fingerprint density at radius 1 is 1.11 bits per heavy atom. The second kappa shape index (κ2) is 4.67. The third-order valence-corrected chi connectivity index (χ3v) is 2.56. The number of nitrogens with two attached hydrogens (primary N) is 1. The number of nitro groups is 1. The molecule has 5 heteroatoms. The van der Waals surface area contributed by atoms with Crippen molar-refractivity contribution in [3.05, 3.63) is 64.2 Å². The maximum absolute atomic E-state index is 11.3. The van der Waals surface area contributed by atoms with E-state index in [-0.39, 0.29) is 11.3 Å². The van der Waals surface area contributed by atoms with Crippen molar-refractivity contribution in [1.82, 2.24) is 0 Å². The summed E-state index contributed by atoms with van der Waals surface area (Å²) in [4.78, 5) is 21.6. The van der Waals surface area contributed by atoms with Gasteiger partial charge in [-0.25, -0.2) is 0 Å². The van der Waals surface area contributed by atoms with Gasteiger partial charge in [-0.3, -0.25) is 14.9 Å². The number of nitrogens with zero attached hydrogens (tertiary/aromatic N) is 1. The van der Waals surface area contributed by atoms with Crippen LogP contribution in [0.1, 0.15) is 10.4 Å². The number of non-ortho nitro benzene ring substituents is 1. The first-order valence-electron chi connectivity index (χ1n) is 5.23. The van der Waals surface area contributed by atoms with Crippen LogP contribution in [0.2, 0.25) is 0 Å². The van der Waals surface area contributed by atoms with Gasteiger partial charge in [0.15, 0.2) is 0 Å². The van der Waals surface area contributed by atoms with Gasteiger partial charge in [-0.1, -0.05) is 30.3 Å². The molecule has 0 saturated carbocycles. The summed E-state index contributed by atoms with van der Waals surface area (Å²) in [5.74, 6) is -0.608. The van der Waals surface area contributed by atoms with Crippen LogP contribution in [-0.4, -0.2) is 10.8 Å². The SMILES string of the molecule is NC(=O)c1ccc([N+](=O)[O-])cc1-c1ccccc1. The summed E-state index contributed by atoms with van der Waals surface area (Å²) in [7, 11) is 0. The van der Waals surface area contributed by atoms with Crippen LogP contribution in [0, 0.1) is 10.1 Å².